The van der Waals surface area contributed by atoms with E-state index in [1.165, 1.54) is 12.1 Å². The molecule has 0 spiro atoms. The number of aliphatic carboxylic acids is 1. The number of hydrogen-bond acceptors (Lipinski definition) is 4. The fourth-order valence-corrected chi connectivity index (χ4v) is 4.53. The summed E-state index contributed by atoms with van der Waals surface area (Å²) in [7, 11) is -4.13. The monoisotopic (exact) mass is 410 g/mol. The van der Waals surface area contributed by atoms with Crippen molar-refractivity contribution >= 4 is 45.1 Å². The molecule has 0 unspecified atom stereocenters. The summed E-state index contributed by atoms with van der Waals surface area (Å²) in [5.41, 5.74) is -0.537. The van der Waals surface area contributed by atoms with Crippen molar-refractivity contribution in [3.8, 4) is 0 Å². The van der Waals surface area contributed by atoms with E-state index >= 15 is 0 Å². The average Bonchev–Trinajstić information content (AvgIpc) is 2.46. The Kier molecular flexibility index (Phi) is 6.86. The minimum absolute atomic E-state index is 0.0207. The molecule has 0 bridgehead atoms. The van der Waals surface area contributed by atoms with E-state index in [1.807, 2.05) is 0 Å². The Morgan fingerprint density at radius 3 is 2.28 bits per heavy atom. The summed E-state index contributed by atoms with van der Waals surface area (Å²) >= 11 is 12.1. The minimum Gasteiger partial charge on any atom is -0.480 e. The van der Waals surface area contributed by atoms with Gasteiger partial charge in [0.05, 0.1) is 11.6 Å². The predicted molar refractivity (Wildman–Crippen MR) is 95.5 cm³/mol. The van der Waals surface area contributed by atoms with Crippen LogP contribution in [0.5, 0.6) is 0 Å². The van der Waals surface area contributed by atoms with Crippen LogP contribution in [-0.4, -0.2) is 48.3 Å². The van der Waals surface area contributed by atoms with E-state index in [0.29, 0.717) is 10.6 Å². The quantitative estimate of drug-likeness (QED) is 0.748. The third kappa shape index (κ3) is 5.31. The lowest BCUT2D eigenvalue weighted by Gasteiger charge is -2.34. The number of amides is 1. The Balaban J connectivity index is 3.29. The molecule has 0 heterocycles. The predicted octanol–water partition coefficient (Wildman–Crippen LogP) is 2.29. The normalized spacial score (nSPS) is 12.3. The summed E-state index contributed by atoms with van der Waals surface area (Å²) in [6.45, 7) is 5.29. The maximum absolute atomic E-state index is 13.0. The molecule has 2 N–H and O–H groups in total. The van der Waals surface area contributed by atoms with Gasteiger partial charge in [-0.3, -0.25) is 9.59 Å². The molecule has 0 saturated heterocycles. The molecule has 0 aromatic heterocycles. The van der Waals surface area contributed by atoms with Crippen LogP contribution in [0.4, 0.5) is 0 Å². The first kappa shape index (κ1) is 21.7. The minimum atomic E-state index is -4.13. The summed E-state index contributed by atoms with van der Waals surface area (Å²) in [6, 6.07) is 2.70. The number of carbonyl (C=O) groups is 2. The van der Waals surface area contributed by atoms with Gasteiger partial charge in [0.1, 0.15) is 11.4 Å². The zero-order valence-electron chi connectivity index (χ0n) is 14.3. The molecule has 0 saturated carbocycles. The molecule has 0 radical (unpaired) electrons. The number of carbonyl (C=O) groups excluding carboxylic acids is 1. The summed E-state index contributed by atoms with van der Waals surface area (Å²) in [4.78, 5) is 22.3. The first-order chi connectivity index (χ1) is 11.3. The van der Waals surface area contributed by atoms with Gasteiger partial charge in [0.15, 0.2) is 0 Å². The van der Waals surface area contributed by atoms with E-state index in [1.54, 1.807) is 27.7 Å². The first-order valence-corrected chi connectivity index (χ1v) is 9.44. The topological polar surface area (TPSA) is 104 Å². The molecule has 140 valence electrons. The molecule has 1 aromatic rings. The molecule has 0 aliphatic rings. The van der Waals surface area contributed by atoms with Crippen molar-refractivity contribution in [3.63, 3.8) is 0 Å². The van der Waals surface area contributed by atoms with Gasteiger partial charge in [-0.15, -0.1) is 0 Å². The highest BCUT2D eigenvalue weighted by molar-refractivity contribution is 7.89. The van der Waals surface area contributed by atoms with Crippen LogP contribution in [-0.2, 0) is 19.6 Å². The maximum Gasteiger partial charge on any atom is 0.322 e. The summed E-state index contributed by atoms with van der Waals surface area (Å²) in [6.07, 6.45) is 0. The molecule has 7 nitrogen and oxygen atoms in total. The lowest BCUT2D eigenvalue weighted by Crippen LogP contribution is -2.50. The number of halogens is 2. The highest BCUT2D eigenvalue weighted by atomic mass is 35.5. The number of benzene rings is 1. The third-order valence-corrected chi connectivity index (χ3v) is 6.49. The van der Waals surface area contributed by atoms with E-state index in [9.17, 15) is 18.0 Å². The number of nitrogens with zero attached hydrogens (tertiary/aromatic N) is 1. The van der Waals surface area contributed by atoms with Gasteiger partial charge in [0.2, 0.25) is 15.9 Å². The van der Waals surface area contributed by atoms with Gasteiger partial charge in [-0.05, 0) is 45.4 Å². The average molecular weight is 411 g/mol. The Bertz CT molecular complexity index is 788. The van der Waals surface area contributed by atoms with Gasteiger partial charge in [-0.2, -0.15) is 4.31 Å². The second-order valence-corrected chi connectivity index (χ2v) is 8.95. The summed E-state index contributed by atoms with van der Waals surface area (Å²) in [5.74, 6) is -1.96. The molecule has 10 heteroatoms. The van der Waals surface area contributed by atoms with Crippen molar-refractivity contribution in [2.75, 3.05) is 13.1 Å². The number of carboxylic acids is 1. The maximum atomic E-state index is 13.0. The van der Waals surface area contributed by atoms with Crippen molar-refractivity contribution in [1.82, 2.24) is 9.62 Å². The molecule has 1 rings (SSSR count). The van der Waals surface area contributed by atoms with Crippen LogP contribution in [0, 0.1) is 6.92 Å². The second-order valence-electron chi connectivity index (χ2n) is 6.34. The Hall–Kier alpha value is -1.35. The standard InChI is InChI=1S/C15H20Cl2N2O5S/c1-9-10(16)5-6-11(14(9)17)25(23,24)19(15(2,3)4)8-12(20)18-7-13(21)22/h5-6H,7-8H2,1-4H3,(H,18,20)(H,21,22). The molecule has 0 aliphatic carbocycles. The zero-order valence-corrected chi connectivity index (χ0v) is 16.6. The fraction of sp³-hybridized carbons (Fsp3) is 0.467. The van der Waals surface area contributed by atoms with Gasteiger partial charge in [0.25, 0.3) is 0 Å². The molecule has 1 amide bonds. The van der Waals surface area contributed by atoms with Crippen molar-refractivity contribution < 1.29 is 23.1 Å². The van der Waals surface area contributed by atoms with Crippen LogP contribution in [0.2, 0.25) is 10.0 Å². The van der Waals surface area contributed by atoms with Crippen LogP contribution in [0.3, 0.4) is 0 Å². The van der Waals surface area contributed by atoms with Crippen molar-refractivity contribution in [2.24, 2.45) is 0 Å². The van der Waals surface area contributed by atoms with Gasteiger partial charge in [0, 0.05) is 10.6 Å². The van der Waals surface area contributed by atoms with E-state index in [4.69, 9.17) is 28.3 Å². The third-order valence-electron chi connectivity index (χ3n) is 3.33. The van der Waals surface area contributed by atoms with Gasteiger partial charge in [-0.1, -0.05) is 23.2 Å². The Morgan fingerprint density at radius 1 is 1.24 bits per heavy atom. The number of carboxylic acid groups (broad SMARTS) is 1. The van der Waals surface area contributed by atoms with Crippen LogP contribution >= 0.6 is 23.2 Å². The molecular weight excluding hydrogens is 391 g/mol. The second kappa shape index (κ2) is 7.90. The smallest absolute Gasteiger partial charge is 0.322 e. The fourth-order valence-electron chi connectivity index (χ4n) is 2.00. The van der Waals surface area contributed by atoms with Crippen molar-refractivity contribution in [1.29, 1.82) is 0 Å². The molecular formula is C15H20Cl2N2O5S. The lowest BCUT2D eigenvalue weighted by atomic mass is 10.1. The molecule has 0 atom stereocenters. The summed E-state index contributed by atoms with van der Waals surface area (Å²) in [5, 5.41) is 11.1. The molecule has 0 aliphatic heterocycles. The number of hydrogen-bond donors (Lipinski definition) is 2. The number of rotatable bonds is 6. The van der Waals surface area contributed by atoms with Crippen molar-refractivity contribution in [3.05, 3.63) is 27.7 Å². The molecule has 25 heavy (non-hydrogen) atoms. The van der Waals surface area contributed by atoms with E-state index < -0.39 is 40.5 Å². The van der Waals surface area contributed by atoms with E-state index in [0.717, 1.165) is 4.31 Å². The Morgan fingerprint density at radius 2 is 1.80 bits per heavy atom. The SMILES string of the molecule is Cc1c(Cl)ccc(S(=O)(=O)N(CC(=O)NCC(=O)O)C(C)(C)C)c1Cl. The van der Waals surface area contributed by atoms with Crippen LogP contribution in [0.1, 0.15) is 26.3 Å². The van der Waals surface area contributed by atoms with Crippen LogP contribution in [0.25, 0.3) is 0 Å². The highest BCUT2D eigenvalue weighted by Crippen LogP contribution is 2.34. The number of sulfonamides is 1. The highest BCUT2D eigenvalue weighted by Gasteiger charge is 2.37. The molecule has 0 fully saturated rings. The zero-order chi connectivity index (χ0) is 19.6. The Labute approximate surface area is 157 Å². The number of nitrogens with one attached hydrogen (secondary N) is 1. The van der Waals surface area contributed by atoms with E-state index in [2.05, 4.69) is 5.32 Å². The van der Waals surface area contributed by atoms with Crippen LogP contribution < -0.4 is 5.32 Å². The van der Waals surface area contributed by atoms with Crippen molar-refractivity contribution in [2.45, 2.75) is 38.1 Å². The van der Waals surface area contributed by atoms with Gasteiger partial charge < -0.3 is 10.4 Å². The first-order valence-electron chi connectivity index (χ1n) is 7.24. The van der Waals surface area contributed by atoms with E-state index in [-0.39, 0.29) is 9.92 Å². The largest absolute Gasteiger partial charge is 0.480 e. The van der Waals surface area contributed by atoms with Gasteiger partial charge in [-0.25, -0.2) is 8.42 Å². The molecule has 1 aromatic carbocycles. The summed E-state index contributed by atoms with van der Waals surface area (Å²) < 4.78 is 27.0. The van der Waals surface area contributed by atoms with Gasteiger partial charge >= 0.3 is 5.97 Å². The lowest BCUT2D eigenvalue weighted by molar-refractivity contribution is -0.138. The van der Waals surface area contributed by atoms with Crippen LogP contribution in [0.15, 0.2) is 17.0 Å².